The lowest BCUT2D eigenvalue weighted by Gasteiger charge is -2.22. The largest absolute Gasteiger partial charge is 0.460 e. The highest BCUT2D eigenvalue weighted by Crippen LogP contribution is 2.14. The van der Waals surface area contributed by atoms with Crippen LogP contribution in [-0.4, -0.2) is 23.4 Å². The first-order valence-electron chi connectivity index (χ1n) is 7.47. The van der Waals surface area contributed by atoms with Crippen LogP contribution in [0.3, 0.4) is 0 Å². The van der Waals surface area contributed by atoms with Gasteiger partial charge in [0.05, 0.1) is 11.5 Å². The van der Waals surface area contributed by atoms with Gasteiger partial charge in [0.25, 0.3) is 5.91 Å². The number of nitrogens with one attached hydrogen (secondary N) is 1. The molecule has 0 fully saturated rings. The highest BCUT2D eigenvalue weighted by Gasteiger charge is 2.22. The van der Waals surface area contributed by atoms with Crippen LogP contribution >= 0.6 is 0 Å². The van der Waals surface area contributed by atoms with E-state index in [1.54, 1.807) is 58.0 Å². The van der Waals surface area contributed by atoms with Crippen molar-refractivity contribution in [3.8, 4) is 0 Å². The summed E-state index contributed by atoms with van der Waals surface area (Å²) in [6.45, 7) is 7.05. The van der Waals surface area contributed by atoms with Crippen LogP contribution < -0.4 is 5.48 Å². The molecule has 1 amide bonds. The van der Waals surface area contributed by atoms with Crippen molar-refractivity contribution in [3.05, 3.63) is 35.9 Å². The molecule has 23 heavy (non-hydrogen) atoms. The number of amides is 1. The molecule has 0 radical (unpaired) electrons. The molecule has 1 N–H and O–H groups in total. The molecule has 6 heteroatoms. The SMILES string of the molecule is CC(CCC(=O)NOC(=O)c1ccccc1)C(=O)OC(C)(C)C. The Bertz CT molecular complexity index is 548. The third-order valence-corrected chi connectivity index (χ3v) is 2.88. The number of ether oxygens (including phenoxy) is 1. The van der Waals surface area contributed by atoms with Gasteiger partial charge in [-0.15, -0.1) is 0 Å². The molecule has 0 spiro atoms. The molecule has 1 unspecified atom stereocenters. The van der Waals surface area contributed by atoms with E-state index in [0.29, 0.717) is 12.0 Å². The van der Waals surface area contributed by atoms with E-state index in [9.17, 15) is 14.4 Å². The zero-order valence-electron chi connectivity index (χ0n) is 13.9. The summed E-state index contributed by atoms with van der Waals surface area (Å²) in [6.07, 6.45) is 0.367. The van der Waals surface area contributed by atoms with Gasteiger partial charge in [0, 0.05) is 6.42 Å². The monoisotopic (exact) mass is 321 g/mol. The van der Waals surface area contributed by atoms with E-state index < -0.39 is 23.4 Å². The van der Waals surface area contributed by atoms with Crippen molar-refractivity contribution in [1.29, 1.82) is 0 Å². The smallest absolute Gasteiger partial charge is 0.362 e. The average Bonchev–Trinajstić information content (AvgIpc) is 2.49. The molecule has 0 saturated heterocycles. The zero-order chi connectivity index (χ0) is 17.5. The molecule has 0 heterocycles. The molecule has 1 atom stereocenters. The summed E-state index contributed by atoms with van der Waals surface area (Å²) in [7, 11) is 0. The Morgan fingerprint density at radius 1 is 1.13 bits per heavy atom. The molecule has 0 saturated carbocycles. The number of esters is 1. The van der Waals surface area contributed by atoms with Crippen LogP contribution in [0.1, 0.15) is 50.9 Å². The predicted molar refractivity (Wildman–Crippen MR) is 84.2 cm³/mol. The van der Waals surface area contributed by atoms with Crippen molar-refractivity contribution < 1.29 is 24.0 Å². The van der Waals surface area contributed by atoms with Crippen LogP contribution in [0, 0.1) is 5.92 Å². The summed E-state index contributed by atoms with van der Waals surface area (Å²) >= 11 is 0. The van der Waals surface area contributed by atoms with E-state index in [4.69, 9.17) is 9.57 Å². The van der Waals surface area contributed by atoms with Gasteiger partial charge in [-0.3, -0.25) is 9.59 Å². The van der Waals surface area contributed by atoms with Crippen molar-refractivity contribution in [3.63, 3.8) is 0 Å². The van der Waals surface area contributed by atoms with Gasteiger partial charge in [0.15, 0.2) is 0 Å². The second-order valence-corrected chi connectivity index (χ2v) is 6.25. The van der Waals surface area contributed by atoms with E-state index in [1.807, 2.05) is 0 Å². The molecule has 0 aliphatic carbocycles. The van der Waals surface area contributed by atoms with Crippen LogP contribution in [0.5, 0.6) is 0 Å². The van der Waals surface area contributed by atoms with E-state index in [-0.39, 0.29) is 12.4 Å². The fourth-order valence-electron chi connectivity index (χ4n) is 1.66. The maximum Gasteiger partial charge on any atom is 0.362 e. The third-order valence-electron chi connectivity index (χ3n) is 2.88. The van der Waals surface area contributed by atoms with Crippen molar-refractivity contribution in [2.45, 2.75) is 46.1 Å². The Kier molecular flexibility index (Phi) is 6.75. The van der Waals surface area contributed by atoms with Gasteiger partial charge in [-0.2, -0.15) is 5.48 Å². The minimum absolute atomic E-state index is 0.0580. The molecular weight excluding hydrogens is 298 g/mol. The fraction of sp³-hybridized carbons (Fsp3) is 0.471. The minimum Gasteiger partial charge on any atom is -0.460 e. The average molecular weight is 321 g/mol. The first-order chi connectivity index (χ1) is 10.7. The lowest BCUT2D eigenvalue weighted by atomic mass is 10.1. The van der Waals surface area contributed by atoms with Gasteiger partial charge < -0.3 is 9.57 Å². The second kappa shape index (κ2) is 8.31. The van der Waals surface area contributed by atoms with Gasteiger partial charge >= 0.3 is 11.9 Å². The summed E-state index contributed by atoms with van der Waals surface area (Å²) in [5, 5.41) is 0. The molecule has 0 bridgehead atoms. The third kappa shape index (κ3) is 7.44. The van der Waals surface area contributed by atoms with Crippen LogP contribution in [0.25, 0.3) is 0 Å². The number of rotatable bonds is 5. The molecular formula is C17H23NO5. The lowest BCUT2D eigenvalue weighted by Crippen LogP contribution is -2.30. The van der Waals surface area contributed by atoms with Gasteiger partial charge in [-0.05, 0) is 39.3 Å². The van der Waals surface area contributed by atoms with Crippen molar-refractivity contribution in [2.75, 3.05) is 0 Å². The van der Waals surface area contributed by atoms with Gasteiger partial charge in [-0.1, -0.05) is 25.1 Å². The van der Waals surface area contributed by atoms with E-state index in [2.05, 4.69) is 5.48 Å². The molecule has 0 aromatic heterocycles. The highest BCUT2D eigenvalue weighted by atomic mass is 16.7. The van der Waals surface area contributed by atoms with Crippen LogP contribution in [0.15, 0.2) is 30.3 Å². The number of hydrogen-bond acceptors (Lipinski definition) is 5. The molecule has 0 aliphatic rings. The number of benzene rings is 1. The van der Waals surface area contributed by atoms with Crippen molar-refractivity contribution in [2.24, 2.45) is 5.92 Å². The highest BCUT2D eigenvalue weighted by molar-refractivity contribution is 5.90. The van der Waals surface area contributed by atoms with Crippen molar-refractivity contribution >= 4 is 17.8 Å². The zero-order valence-corrected chi connectivity index (χ0v) is 13.9. The normalized spacial score (nSPS) is 12.2. The summed E-state index contributed by atoms with van der Waals surface area (Å²) in [6, 6.07) is 8.33. The number of carbonyl (C=O) groups is 3. The Hall–Kier alpha value is -2.37. The summed E-state index contributed by atoms with van der Waals surface area (Å²) in [4.78, 5) is 39.8. The first kappa shape index (κ1) is 18.7. The lowest BCUT2D eigenvalue weighted by molar-refractivity contribution is -0.159. The van der Waals surface area contributed by atoms with Crippen LogP contribution in [0.2, 0.25) is 0 Å². The Balaban J connectivity index is 2.32. The minimum atomic E-state index is -0.640. The van der Waals surface area contributed by atoms with E-state index in [0.717, 1.165) is 0 Å². The fourth-order valence-corrected chi connectivity index (χ4v) is 1.66. The Morgan fingerprint density at radius 3 is 2.30 bits per heavy atom. The van der Waals surface area contributed by atoms with E-state index in [1.165, 1.54) is 0 Å². The number of carbonyl (C=O) groups excluding carboxylic acids is 3. The first-order valence-corrected chi connectivity index (χ1v) is 7.47. The topological polar surface area (TPSA) is 81.7 Å². The second-order valence-electron chi connectivity index (χ2n) is 6.25. The standard InChI is InChI=1S/C17H23NO5/c1-12(15(20)22-17(2,3)4)10-11-14(19)18-23-16(21)13-8-6-5-7-9-13/h5-9,12H,10-11H2,1-4H3,(H,18,19). The molecule has 0 aliphatic heterocycles. The van der Waals surface area contributed by atoms with Crippen molar-refractivity contribution in [1.82, 2.24) is 5.48 Å². The Labute approximate surface area is 136 Å². The maximum atomic E-state index is 11.8. The van der Waals surface area contributed by atoms with Crippen LogP contribution in [-0.2, 0) is 19.2 Å². The molecule has 1 aromatic carbocycles. The number of hydrogen-bond donors (Lipinski definition) is 1. The van der Waals surface area contributed by atoms with Gasteiger partial charge in [0.1, 0.15) is 5.60 Å². The molecule has 6 nitrogen and oxygen atoms in total. The quantitative estimate of drug-likeness (QED) is 0.666. The van der Waals surface area contributed by atoms with Gasteiger partial charge in [-0.25, -0.2) is 4.79 Å². The summed E-state index contributed by atoms with van der Waals surface area (Å²) in [5.74, 6) is -1.87. The number of hydroxylamine groups is 1. The maximum absolute atomic E-state index is 11.8. The van der Waals surface area contributed by atoms with E-state index >= 15 is 0 Å². The Morgan fingerprint density at radius 2 is 1.74 bits per heavy atom. The van der Waals surface area contributed by atoms with Gasteiger partial charge in [0.2, 0.25) is 0 Å². The molecule has 1 rings (SSSR count). The predicted octanol–water partition coefficient (Wildman–Crippen LogP) is 2.63. The van der Waals surface area contributed by atoms with Crippen LogP contribution in [0.4, 0.5) is 0 Å². The summed E-state index contributed by atoms with van der Waals surface area (Å²) < 4.78 is 5.23. The summed E-state index contributed by atoms with van der Waals surface area (Å²) in [5.41, 5.74) is 1.87. The molecule has 1 aromatic rings. The molecule has 126 valence electrons.